The highest BCUT2D eigenvalue weighted by Gasteiger charge is 2.32. The van der Waals surface area contributed by atoms with Gasteiger partial charge in [0.2, 0.25) is 11.8 Å². The summed E-state index contributed by atoms with van der Waals surface area (Å²) in [5, 5.41) is 21.4. The maximum Gasteiger partial charge on any atom is 0.374 e. The van der Waals surface area contributed by atoms with Gasteiger partial charge in [-0.15, -0.1) is 0 Å². The van der Waals surface area contributed by atoms with Crippen LogP contribution >= 0.6 is 0 Å². The average molecular weight is 603 g/mol. The lowest BCUT2D eigenvalue weighted by molar-refractivity contribution is -0.151. The van der Waals surface area contributed by atoms with Gasteiger partial charge >= 0.3 is 5.97 Å². The van der Waals surface area contributed by atoms with Crippen molar-refractivity contribution >= 4 is 35.1 Å². The highest BCUT2D eigenvalue weighted by molar-refractivity contribution is 6.35. The lowest BCUT2D eigenvalue weighted by Crippen LogP contribution is -2.59. The van der Waals surface area contributed by atoms with Gasteiger partial charge in [0, 0.05) is 0 Å². The first-order chi connectivity index (χ1) is 19.7. The number of Topliss-reactive ketones (excluding diaryl/α,β-unsaturated/α-hetero) is 3. The first-order valence-electron chi connectivity index (χ1n) is 14.2. The second-order valence-corrected chi connectivity index (χ2v) is 10.6. The molecule has 0 rings (SSSR count). The summed E-state index contributed by atoms with van der Waals surface area (Å²) in [6.45, 7) is 7.07. The first-order valence-corrected chi connectivity index (χ1v) is 14.2. The van der Waals surface area contributed by atoms with Gasteiger partial charge in [-0.25, -0.2) is 26.5 Å². The molecule has 0 aliphatic carbocycles. The number of hydrazine groups is 2. The number of hydrogen-bond acceptors (Lipinski definition) is 13. The number of amides is 2. The standard InChI is InChI=1S/C26H50N8O8/c1-14(2)21(25(40)30-18(24(29)39)10-6-8-12-28)33-31-15(3)19(36)13-20(37)17(9-5-7-11-27)32-34-22(16(4)35)23(38)26(41)42/h14-18,21-22,31-35H,5-13,27-28H2,1-4H3,(H2,29,39)(H,30,40)(H,41,42)/t15?,16-,17+,18+,21+,22+/m1/s1. The predicted octanol–water partition coefficient (Wildman–Crippen LogP) is -2.88. The van der Waals surface area contributed by atoms with Gasteiger partial charge in [0.05, 0.1) is 24.6 Å². The molecule has 0 saturated carbocycles. The fourth-order valence-electron chi connectivity index (χ4n) is 3.85. The largest absolute Gasteiger partial charge is 0.475 e. The molecule has 16 heteroatoms. The summed E-state index contributed by atoms with van der Waals surface area (Å²) in [4.78, 5) is 73.5. The molecule has 0 heterocycles. The Morgan fingerprint density at radius 2 is 1.24 bits per heavy atom. The number of carboxylic acid groups (broad SMARTS) is 1. The van der Waals surface area contributed by atoms with Crippen LogP contribution in [-0.4, -0.2) is 94.7 Å². The molecule has 0 aromatic heterocycles. The van der Waals surface area contributed by atoms with E-state index in [0.29, 0.717) is 45.2 Å². The first kappa shape index (κ1) is 39.1. The molecular weight excluding hydrogens is 552 g/mol. The van der Waals surface area contributed by atoms with Crippen molar-refractivity contribution in [1.82, 2.24) is 27.0 Å². The molecule has 1 unspecified atom stereocenters. The van der Waals surface area contributed by atoms with Crippen molar-refractivity contribution in [3.63, 3.8) is 0 Å². The lowest BCUT2D eigenvalue weighted by Gasteiger charge is -2.26. The molecule has 0 spiro atoms. The number of primary amides is 1. The molecule has 13 N–H and O–H groups in total. The van der Waals surface area contributed by atoms with E-state index in [2.05, 4.69) is 27.0 Å². The van der Waals surface area contributed by atoms with Crippen LogP contribution in [0.15, 0.2) is 0 Å². The molecule has 0 saturated heterocycles. The molecule has 42 heavy (non-hydrogen) atoms. The smallest absolute Gasteiger partial charge is 0.374 e. The number of ketones is 3. The van der Waals surface area contributed by atoms with E-state index in [9.17, 15) is 33.9 Å². The van der Waals surface area contributed by atoms with E-state index in [-0.39, 0.29) is 12.3 Å². The molecule has 0 fully saturated rings. The van der Waals surface area contributed by atoms with E-state index in [1.165, 1.54) is 13.8 Å². The van der Waals surface area contributed by atoms with Gasteiger partial charge in [-0.2, -0.15) is 0 Å². The number of hydrogen-bond donors (Lipinski definition) is 10. The van der Waals surface area contributed by atoms with Crippen molar-refractivity contribution in [1.29, 1.82) is 0 Å². The van der Waals surface area contributed by atoms with Gasteiger partial charge in [0.25, 0.3) is 5.78 Å². The summed E-state index contributed by atoms with van der Waals surface area (Å²) in [5.41, 5.74) is 27.0. The van der Waals surface area contributed by atoms with E-state index in [4.69, 9.17) is 22.3 Å². The van der Waals surface area contributed by atoms with Crippen LogP contribution in [0.4, 0.5) is 0 Å². The monoisotopic (exact) mass is 602 g/mol. The van der Waals surface area contributed by atoms with Crippen LogP contribution in [0.1, 0.15) is 72.6 Å². The molecule has 0 bridgehead atoms. The minimum atomic E-state index is -1.76. The summed E-state index contributed by atoms with van der Waals surface area (Å²) in [7, 11) is 0. The Labute approximate surface area is 246 Å². The maximum atomic E-state index is 13.0. The van der Waals surface area contributed by atoms with Crippen molar-refractivity contribution in [2.45, 2.75) is 109 Å². The Morgan fingerprint density at radius 1 is 0.714 bits per heavy atom. The van der Waals surface area contributed by atoms with Gasteiger partial charge in [-0.3, -0.25) is 24.0 Å². The fraction of sp³-hybridized carbons (Fsp3) is 0.769. The maximum absolute atomic E-state index is 13.0. The molecule has 16 nitrogen and oxygen atoms in total. The molecule has 0 radical (unpaired) electrons. The normalized spacial score (nSPS) is 15.7. The molecular formula is C26H50N8O8. The fourth-order valence-corrected chi connectivity index (χ4v) is 3.85. The summed E-state index contributed by atoms with van der Waals surface area (Å²) >= 11 is 0. The lowest BCUT2D eigenvalue weighted by atomic mass is 9.99. The summed E-state index contributed by atoms with van der Waals surface area (Å²) < 4.78 is 0. The quantitative estimate of drug-likeness (QED) is 0.0217. The number of carbonyl (C=O) groups excluding carboxylic acids is 5. The van der Waals surface area contributed by atoms with Gasteiger partial charge in [-0.1, -0.05) is 20.3 Å². The van der Waals surface area contributed by atoms with Crippen LogP contribution in [0.25, 0.3) is 0 Å². The van der Waals surface area contributed by atoms with Crippen LogP contribution in [-0.2, 0) is 28.8 Å². The average Bonchev–Trinajstić information content (AvgIpc) is 2.90. The van der Waals surface area contributed by atoms with E-state index in [1.807, 2.05) is 0 Å². The molecule has 0 aliphatic heterocycles. The third-order valence-electron chi connectivity index (χ3n) is 6.57. The topological polar surface area (TPSA) is 281 Å². The van der Waals surface area contributed by atoms with Crippen LogP contribution < -0.4 is 44.2 Å². The van der Waals surface area contributed by atoms with Crippen LogP contribution in [0.5, 0.6) is 0 Å². The Morgan fingerprint density at radius 3 is 1.69 bits per heavy atom. The molecule has 242 valence electrons. The van der Waals surface area contributed by atoms with Crippen molar-refractivity contribution in [3.05, 3.63) is 0 Å². The summed E-state index contributed by atoms with van der Waals surface area (Å²) in [6.07, 6.45) is 1.03. The van der Waals surface area contributed by atoms with Gasteiger partial charge in [0.1, 0.15) is 18.1 Å². The summed E-state index contributed by atoms with van der Waals surface area (Å²) in [5.74, 6) is -5.52. The SMILES string of the molecule is CC(NN[C@H](C(=O)N[C@@H](CCCCN)C(N)=O)C(C)C)C(=O)CC(=O)[C@H](CCCCN)NN[C@H](C(=O)C(=O)O)[C@@H](C)O. The molecule has 0 aromatic rings. The second kappa shape index (κ2) is 20.9. The molecule has 6 atom stereocenters. The number of aliphatic hydroxyl groups is 1. The number of aliphatic hydroxyl groups excluding tert-OH is 1. The minimum Gasteiger partial charge on any atom is -0.475 e. The van der Waals surface area contributed by atoms with Crippen molar-refractivity contribution in [2.24, 2.45) is 23.1 Å². The zero-order chi connectivity index (χ0) is 32.4. The Hall–Kier alpha value is -2.86. The van der Waals surface area contributed by atoms with E-state index < -0.39 is 77.9 Å². The number of carboxylic acids is 1. The van der Waals surface area contributed by atoms with Crippen LogP contribution in [0.2, 0.25) is 0 Å². The highest BCUT2D eigenvalue weighted by Crippen LogP contribution is 2.08. The molecule has 0 aliphatic rings. The highest BCUT2D eigenvalue weighted by atomic mass is 16.4. The van der Waals surface area contributed by atoms with E-state index in [0.717, 1.165) is 0 Å². The second-order valence-electron chi connectivity index (χ2n) is 10.6. The third-order valence-corrected chi connectivity index (χ3v) is 6.57. The number of carbonyl (C=O) groups is 6. The van der Waals surface area contributed by atoms with Crippen molar-refractivity contribution in [2.75, 3.05) is 13.1 Å². The zero-order valence-electron chi connectivity index (χ0n) is 25.0. The number of rotatable bonds is 25. The number of unbranched alkanes of at least 4 members (excludes halogenated alkanes) is 2. The number of aliphatic carboxylic acids is 1. The Bertz CT molecular complexity index is 902. The number of nitrogens with two attached hydrogens (primary N) is 3. The Kier molecular flexibility index (Phi) is 19.5. The molecule has 0 aromatic carbocycles. The van der Waals surface area contributed by atoms with Crippen molar-refractivity contribution in [3.8, 4) is 0 Å². The molecule has 2 amide bonds. The number of nitrogens with one attached hydrogen (secondary N) is 5. The van der Waals surface area contributed by atoms with E-state index in [1.54, 1.807) is 13.8 Å². The zero-order valence-corrected chi connectivity index (χ0v) is 25.0. The van der Waals surface area contributed by atoms with E-state index >= 15 is 0 Å². The minimum absolute atomic E-state index is 0.228. The predicted molar refractivity (Wildman–Crippen MR) is 154 cm³/mol. The van der Waals surface area contributed by atoms with Gasteiger partial charge in [0.15, 0.2) is 11.6 Å². The van der Waals surface area contributed by atoms with Gasteiger partial charge < -0.3 is 32.7 Å². The Balaban J connectivity index is 5.28. The van der Waals surface area contributed by atoms with Crippen molar-refractivity contribution < 1.29 is 39.0 Å². The van der Waals surface area contributed by atoms with Crippen LogP contribution in [0.3, 0.4) is 0 Å². The summed E-state index contributed by atoms with van der Waals surface area (Å²) in [6, 6.07) is -5.13. The van der Waals surface area contributed by atoms with Crippen LogP contribution in [0, 0.1) is 5.92 Å². The van der Waals surface area contributed by atoms with Gasteiger partial charge in [-0.05, 0) is 65.0 Å². The third kappa shape index (κ3) is 14.9.